The topological polar surface area (TPSA) is 82.2 Å². The number of hydrogen-bond donors (Lipinski definition) is 3. The quantitative estimate of drug-likeness (QED) is 0.750. The molecule has 1 aromatic heterocycles. The SMILES string of the molecule is Cc1c[nH]c(/C=C2\C(=O)Nc3ccc(Cl)cc32)c1CCC(=O)O. The Morgan fingerprint density at radius 3 is 2.91 bits per heavy atom. The largest absolute Gasteiger partial charge is 0.481 e. The summed E-state index contributed by atoms with van der Waals surface area (Å²) in [6.07, 6.45) is 4.02. The molecule has 1 aliphatic rings. The molecule has 1 amide bonds. The van der Waals surface area contributed by atoms with E-state index in [0.717, 1.165) is 28.1 Å². The van der Waals surface area contributed by atoms with Gasteiger partial charge in [-0.25, -0.2) is 0 Å². The van der Waals surface area contributed by atoms with Gasteiger partial charge in [0.25, 0.3) is 5.91 Å². The number of anilines is 1. The van der Waals surface area contributed by atoms with Gasteiger partial charge in [0.05, 0.1) is 5.57 Å². The lowest BCUT2D eigenvalue weighted by Gasteiger charge is -2.02. The molecule has 0 unspecified atom stereocenters. The second kappa shape index (κ2) is 5.93. The molecule has 3 N–H and O–H groups in total. The Morgan fingerprint density at radius 2 is 2.17 bits per heavy atom. The van der Waals surface area contributed by atoms with Gasteiger partial charge in [0.1, 0.15) is 0 Å². The molecule has 5 nitrogen and oxygen atoms in total. The maximum Gasteiger partial charge on any atom is 0.303 e. The molecule has 0 fully saturated rings. The lowest BCUT2D eigenvalue weighted by molar-refractivity contribution is -0.137. The number of halogens is 1. The summed E-state index contributed by atoms with van der Waals surface area (Å²) in [5.74, 6) is -1.04. The van der Waals surface area contributed by atoms with E-state index in [4.69, 9.17) is 16.7 Å². The number of rotatable bonds is 4. The minimum absolute atomic E-state index is 0.0451. The Kier molecular flexibility index (Phi) is 3.96. The first-order chi connectivity index (χ1) is 11.0. The first-order valence-corrected chi connectivity index (χ1v) is 7.55. The highest BCUT2D eigenvalue weighted by Gasteiger charge is 2.25. The number of carboxylic acids is 1. The molecule has 0 saturated heterocycles. The number of hydrogen-bond acceptors (Lipinski definition) is 2. The molecule has 0 spiro atoms. The van der Waals surface area contributed by atoms with Crippen LogP contribution >= 0.6 is 11.6 Å². The maximum atomic E-state index is 12.2. The van der Waals surface area contributed by atoms with Crippen LogP contribution in [0.2, 0.25) is 5.02 Å². The average Bonchev–Trinajstić information content (AvgIpc) is 2.99. The third-order valence-corrected chi connectivity index (χ3v) is 4.12. The van der Waals surface area contributed by atoms with Gasteiger partial charge < -0.3 is 15.4 Å². The molecule has 1 aliphatic heterocycles. The van der Waals surface area contributed by atoms with Crippen LogP contribution in [-0.4, -0.2) is 22.0 Å². The van der Waals surface area contributed by atoms with Crippen LogP contribution in [0.4, 0.5) is 5.69 Å². The van der Waals surface area contributed by atoms with Crippen LogP contribution in [0.5, 0.6) is 0 Å². The summed E-state index contributed by atoms with van der Waals surface area (Å²) >= 11 is 6.02. The summed E-state index contributed by atoms with van der Waals surface area (Å²) in [5.41, 5.74) is 4.62. The molecule has 0 radical (unpaired) electrons. The van der Waals surface area contributed by atoms with Gasteiger partial charge in [0.15, 0.2) is 0 Å². The highest BCUT2D eigenvalue weighted by molar-refractivity contribution is 6.36. The summed E-state index contributed by atoms with van der Waals surface area (Å²) in [6, 6.07) is 5.23. The van der Waals surface area contributed by atoms with E-state index in [1.807, 2.05) is 13.1 Å². The van der Waals surface area contributed by atoms with E-state index >= 15 is 0 Å². The molecule has 1 aromatic carbocycles. The summed E-state index contributed by atoms with van der Waals surface area (Å²) in [6.45, 7) is 1.91. The third-order valence-electron chi connectivity index (χ3n) is 3.89. The molecular weight excluding hydrogens is 316 g/mol. The number of aliphatic carboxylic acids is 1. The number of carbonyl (C=O) groups excluding carboxylic acids is 1. The lowest BCUT2D eigenvalue weighted by Crippen LogP contribution is -2.04. The Bertz CT molecular complexity index is 836. The summed E-state index contributed by atoms with van der Waals surface area (Å²) < 4.78 is 0. The molecule has 3 rings (SSSR count). The van der Waals surface area contributed by atoms with Gasteiger partial charge in [0.2, 0.25) is 0 Å². The third kappa shape index (κ3) is 3.00. The van der Waals surface area contributed by atoms with Crippen molar-refractivity contribution in [3.8, 4) is 0 Å². The fourth-order valence-electron chi connectivity index (χ4n) is 2.71. The smallest absolute Gasteiger partial charge is 0.303 e. The number of aryl methyl sites for hydroxylation is 1. The van der Waals surface area contributed by atoms with Gasteiger partial charge in [-0.2, -0.15) is 0 Å². The monoisotopic (exact) mass is 330 g/mol. The Morgan fingerprint density at radius 1 is 1.39 bits per heavy atom. The number of carboxylic acid groups (broad SMARTS) is 1. The van der Waals surface area contributed by atoms with Crippen molar-refractivity contribution in [1.29, 1.82) is 0 Å². The molecular formula is C17H15ClN2O3. The number of carbonyl (C=O) groups is 2. The first-order valence-electron chi connectivity index (χ1n) is 7.17. The fraction of sp³-hybridized carbons (Fsp3) is 0.176. The molecule has 23 heavy (non-hydrogen) atoms. The van der Waals surface area contributed by atoms with Gasteiger partial charge >= 0.3 is 5.97 Å². The molecule has 118 valence electrons. The molecule has 6 heteroatoms. The number of aromatic amines is 1. The molecule has 0 aliphatic carbocycles. The van der Waals surface area contributed by atoms with Crippen molar-refractivity contribution < 1.29 is 14.7 Å². The summed E-state index contributed by atoms with van der Waals surface area (Å²) in [4.78, 5) is 26.1. The fourth-order valence-corrected chi connectivity index (χ4v) is 2.89. The van der Waals surface area contributed by atoms with Crippen LogP contribution in [0.15, 0.2) is 24.4 Å². The van der Waals surface area contributed by atoms with Crippen molar-refractivity contribution in [1.82, 2.24) is 4.98 Å². The van der Waals surface area contributed by atoms with E-state index in [-0.39, 0.29) is 12.3 Å². The second-order valence-corrected chi connectivity index (χ2v) is 5.90. The molecule has 0 saturated carbocycles. The number of benzene rings is 1. The lowest BCUT2D eigenvalue weighted by atomic mass is 10.0. The van der Waals surface area contributed by atoms with Crippen molar-refractivity contribution in [3.05, 3.63) is 51.8 Å². The van der Waals surface area contributed by atoms with Crippen molar-refractivity contribution in [2.24, 2.45) is 0 Å². The summed E-state index contributed by atoms with van der Waals surface area (Å²) in [7, 11) is 0. The second-order valence-electron chi connectivity index (χ2n) is 5.46. The number of nitrogens with one attached hydrogen (secondary N) is 2. The predicted molar refractivity (Wildman–Crippen MR) is 89.4 cm³/mol. The van der Waals surface area contributed by atoms with Crippen LogP contribution in [-0.2, 0) is 16.0 Å². The van der Waals surface area contributed by atoms with Crippen LogP contribution in [0.3, 0.4) is 0 Å². The molecule has 0 atom stereocenters. The van der Waals surface area contributed by atoms with Crippen molar-refractivity contribution in [2.45, 2.75) is 19.8 Å². The van der Waals surface area contributed by atoms with Crippen LogP contribution in [0.1, 0.15) is 28.8 Å². The standard InChI is InChI=1S/C17H15ClN2O3/c1-9-8-19-15(11(9)3-5-16(21)22)7-13-12-6-10(18)2-4-14(12)20-17(13)23/h2,4,6-8,19H,3,5H2,1H3,(H,20,23)(H,21,22)/b13-7-. The number of amides is 1. The minimum Gasteiger partial charge on any atom is -0.481 e. The van der Waals surface area contributed by atoms with Crippen LogP contribution in [0.25, 0.3) is 11.6 Å². The summed E-state index contributed by atoms with van der Waals surface area (Å²) in [5, 5.41) is 12.2. The Labute approximate surface area is 138 Å². The number of fused-ring (bicyclic) bond motifs is 1. The van der Waals surface area contributed by atoms with Gasteiger partial charge in [-0.15, -0.1) is 0 Å². The van der Waals surface area contributed by atoms with E-state index < -0.39 is 5.97 Å². The molecule has 2 heterocycles. The number of aromatic nitrogens is 1. The van der Waals surface area contributed by atoms with E-state index in [0.29, 0.717) is 17.0 Å². The Balaban J connectivity index is 2.01. The normalized spacial score (nSPS) is 14.9. The van der Waals surface area contributed by atoms with E-state index in [1.165, 1.54) is 0 Å². The van der Waals surface area contributed by atoms with Crippen molar-refractivity contribution in [2.75, 3.05) is 5.32 Å². The minimum atomic E-state index is -0.847. The van der Waals surface area contributed by atoms with E-state index in [2.05, 4.69) is 10.3 Å². The first kappa shape index (κ1) is 15.4. The average molecular weight is 331 g/mol. The van der Waals surface area contributed by atoms with Crippen molar-refractivity contribution in [3.63, 3.8) is 0 Å². The zero-order chi connectivity index (χ0) is 16.6. The van der Waals surface area contributed by atoms with E-state index in [9.17, 15) is 9.59 Å². The molecule has 0 bridgehead atoms. The Hall–Kier alpha value is -2.53. The number of H-pyrrole nitrogens is 1. The predicted octanol–water partition coefficient (Wildman–Crippen LogP) is 3.49. The van der Waals surface area contributed by atoms with Crippen LogP contribution in [0, 0.1) is 6.92 Å². The van der Waals surface area contributed by atoms with Gasteiger partial charge in [-0.1, -0.05) is 11.6 Å². The van der Waals surface area contributed by atoms with Gasteiger partial charge in [0, 0.05) is 34.6 Å². The zero-order valence-electron chi connectivity index (χ0n) is 12.4. The van der Waals surface area contributed by atoms with Crippen molar-refractivity contribution >= 4 is 40.8 Å². The zero-order valence-corrected chi connectivity index (χ0v) is 13.2. The highest BCUT2D eigenvalue weighted by Crippen LogP contribution is 2.35. The van der Waals surface area contributed by atoms with Crippen LogP contribution < -0.4 is 5.32 Å². The van der Waals surface area contributed by atoms with Gasteiger partial charge in [-0.05, 0) is 48.7 Å². The van der Waals surface area contributed by atoms with Gasteiger partial charge in [-0.3, -0.25) is 9.59 Å². The maximum absolute atomic E-state index is 12.2. The highest BCUT2D eigenvalue weighted by atomic mass is 35.5. The molecule has 2 aromatic rings. The van der Waals surface area contributed by atoms with E-state index in [1.54, 1.807) is 24.3 Å².